The number of hydrogen-bond acceptors (Lipinski definition) is 5. The van der Waals surface area contributed by atoms with E-state index in [2.05, 4.69) is 58.8 Å². The smallest absolute Gasteiger partial charge is 0.191 e. The lowest BCUT2D eigenvalue weighted by Gasteiger charge is -2.27. The van der Waals surface area contributed by atoms with E-state index in [0.29, 0.717) is 13.2 Å². The Morgan fingerprint density at radius 2 is 2.10 bits per heavy atom. The Kier molecular flexibility index (Phi) is 10.5. The Hall–Kier alpha value is -1.43. The number of fused-ring (bicyclic) bond motifs is 1. The number of ether oxygens (including phenoxy) is 1. The molecule has 2 unspecified atom stereocenters. The van der Waals surface area contributed by atoms with Gasteiger partial charge in [0.15, 0.2) is 11.8 Å². The van der Waals surface area contributed by atoms with Gasteiger partial charge in [-0.25, -0.2) is 9.67 Å². The van der Waals surface area contributed by atoms with E-state index in [1.54, 1.807) is 7.11 Å². The Morgan fingerprint density at radius 1 is 1.35 bits per heavy atom. The van der Waals surface area contributed by atoms with Crippen molar-refractivity contribution in [2.45, 2.75) is 45.0 Å². The number of hydrogen-bond donors (Lipinski definition) is 2. The molecule has 1 aliphatic heterocycles. The van der Waals surface area contributed by atoms with E-state index in [9.17, 15) is 0 Å². The van der Waals surface area contributed by atoms with Gasteiger partial charge in [-0.1, -0.05) is 23.7 Å². The van der Waals surface area contributed by atoms with Crippen LogP contribution < -0.4 is 10.6 Å². The average Bonchev–Trinajstić information content (AvgIpc) is 3.11. The third-order valence-corrected chi connectivity index (χ3v) is 5.41. The summed E-state index contributed by atoms with van der Waals surface area (Å²) in [6, 6.07) is 8.40. The summed E-state index contributed by atoms with van der Waals surface area (Å²) in [6.45, 7) is 4.73. The summed E-state index contributed by atoms with van der Waals surface area (Å²) < 4.78 is 7.13. The van der Waals surface area contributed by atoms with Gasteiger partial charge in [-0.15, -0.1) is 24.0 Å². The molecule has 0 amide bonds. The molecule has 2 aromatic rings. The van der Waals surface area contributed by atoms with E-state index in [1.165, 1.54) is 5.56 Å². The minimum absolute atomic E-state index is 0. The minimum atomic E-state index is 0. The molecule has 8 nitrogen and oxygen atoms in total. The van der Waals surface area contributed by atoms with Crippen molar-refractivity contribution >= 4 is 41.5 Å². The molecule has 172 valence electrons. The third-order valence-electron chi connectivity index (χ3n) is 5.16. The van der Waals surface area contributed by atoms with Crippen molar-refractivity contribution in [2.75, 3.05) is 34.3 Å². The molecule has 31 heavy (non-hydrogen) atoms. The molecule has 2 heterocycles. The normalized spacial score (nSPS) is 17.1. The number of aryl methyl sites for hydroxylation is 1. The highest BCUT2D eigenvalue weighted by Crippen LogP contribution is 2.21. The van der Waals surface area contributed by atoms with Gasteiger partial charge in [0, 0.05) is 31.1 Å². The first-order chi connectivity index (χ1) is 14.5. The van der Waals surface area contributed by atoms with Gasteiger partial charge in [0.05, 0.1) is 19.1 Å². The van der Waals surface area contributed by atoms with Gasteiger partial charge >= 0.3 is 0 Å². The highest BCUT2D eigenvalue weighted by atomic mass is 127. The highest BCUT2D eigenvalue weighted by molar-refractivity contribution is 14.0. The van der Waals surface area contributed by atoms with Crippen LogP contribution in [0.5, 0.6) is 0 Å². The molecular formula is C21H33ClIN7O. The fourth-order valence-corrected chi connectivity index (χ4v) is 3.74. The van der Waals surface area contributed by atoms with Gasteiger partial charge < -0.3 is 20.3 Å². The number of methoxy groups -OCH3 is 1. The van der Waals surface area contributed by atoms with Crippen LogP contribution in [0.15, 0.2) is 29.3 Å². The summed E-state index contributed by atoms with van der Waals surface area (Å²) in [5.74, 6) is 2.59. The van der Waals surface area contributed by atoms with Crippen molar-refractivity contribution in [3.63, 3.8) is 0 Å². The van der Waals surface area contributed by atoms with Crippen molar-refractivity contribution < 1.29 is 4.74 Å². The van der Waals surface area contributed by atoms with Gasteiger partial charge in [0.25, 0.3) is 0 Å². The number of nitrogens with zero attached hydrogens (tertiary/aromatic N) is 5. The predicted molar refractivity (Wildman–Crippen MR) is 135 cm³/mol. The zero-order valence-electron chi connectivity index (χ0n) is 18.6. The monoisotopic (exact) mass is 561 g/mol. The maximum atomic E-state index is 6.05. The van der Waals surface area contributed by atoms with Gasteiger partial charge in [-0.3, -0.25) is 4.99 Å². The lowest BCUT2D eigenvalue weighted by molar-refractivity contribution is 0.177. The van der Waals surface area contributed by atoms with Crippen molar-refractivity contribution in [1.82, 2.24) is 30.3 Å². The molecule has 0 bridgehead atoms. The van der Waals surface area contributed by atoms with Gasteiger partial charge in [0.2, 0.25) is 0 Å². The lowest BCUT2D eigenvalue weighted by atomic mass is 10.1. The predicted octanol–water partition coefficient (Wildman–Crippen LogP) is 2.87. The van der Waals surface area contributed by atoms with Gasteiger partial charge in [0.1, 0.15) is 12.4 Å². The number of aliphatic imine (C=N–C) groups is 1. The summed E-state index contributed by atoms with van der Waals surface area (Å²) in [4.78, 5) is 11.6. The van der Waals surface area contributed by atoms with Crippen molar-refractivity contribution in [1.29, 1.82) is 0 Å². The molecule has 2 atom stereocenters. The molecule has 2 N–H and O–H groups in total. The molecule has 1 aromatic carbocycles. The number of halogens is 2. The number of rotatable bonds is 8. The minimum Gasteiger partial charge on any atom is -0.377 e. The topological polar surface area (TPSA) is 79.6 Å². The maximum Gasteiger partial charge on any atom is 0.191 e. The summed E-state index contributed by atoms with van der Waals surface area (Å²) in [6.07, 6.45) is 1.88. The molecule has 0 spiro atoms. The number of benzene rings is 1. The van der Waals surface area contributed by atoms with Crippen LogP contribution in [0.2, 0.25) is 5.02 Å². The summed E-state index contributed by atoms with van der Waals surface area (Å²) in [7, 11) is 5.80. The zero-order valence-corrected chi connectivity index (χ0v) is 21.7. The average molecular weight is 562 g/mol. The zero-order chi connectivity index (χ0) is 21.5. The fraction of sp³-hybridized carbons (Fsp3) is 0.571. The lowest BCUT2D eigenvalue weighted by Crippen LogP contribution is -2.47. The fourth-order valence-electron chi connectivity index (χ4n) is 3.61. The van der Waals surface area contributed by atoms with E-state index in [4.69, 9.17) is 21.3 Å². The molecule has 0 aliphatic carbocycles. The maximum absolute atomic E-state index is 6.05. The first-order valence-electron chi connectivity index (χ1n) is 10.4. The van der Waals surface area contributed by atoms with Gasteiger partial charge in [-0.2, -0.15) is 5.10 Å². The molecule has 3 rings (SSSR count). The second-order valence-electron chi connectivity index (χ2n) is 7.69. The third kappa shape index (κ3) is 7.30. The standard InChI is InChI=1S/C21H32ClN7O.HI/c1-5-23-21(24-12-18(28(2)3)15-6-8-16(22)9-7-15)25-17-10-11-20-26-19(14-30-4)27-29(20)13-17;/h6-9,17-18H,5,10-14H2,1-4H3,(H2,23,24,25);1H. The van der Waals surface area contributed by atoms with Crippen LogP contribution in [0.1, 0.15) is 36.6 Å². The van der Waals surface area contributed by atoms with E-state index < -0.39 is 0 Å². The molecule has 0 saturated carbocycles. The Morgan fingerprint density at radius 3 is 2.74 bits per heavy atom. The number of nitrogens with one attached hydrogen (secondary N) is 2. The van der Waals surface area contributed by atoms with E-state index >= 15 is 0 Å². The molecule has 1 aliphatic rings. The van der Waals surface area contributed by atoms with Crippen LogP contribution in [-0.4, -0.2) is 66.0 Å². The first kappa shape index (κ1) is 25.8. The number of likely N-dealkylation sites (N-methyl/N-ethyl adjacent to an activating group) is 1. The van der Waals surface area contributed by atoms with Crippen molar-refractivity contribution in [3.05, 3.63) is 46.5 Å². The molecular weight excluding hydrogens is 529 g/mol. The molecule has 0 fully saturated rings. The molecule has 0 radical (unpaired) electrons. The van der Waals surface area contributed by atoms with E-state index in [0.717, 1.165) is 48.6 Å². The Balaban J connectivity index is 0.00000341. The van der Waals surface area contributed by atoms with Crippen molar-refractivity contribution in [3.8, 4) is 0 Å². The summed E-state index contributed by atoms with van der Waals surface area (Å²) in [5.41, 5.74) is 1.19. The summed E-state index contributed by atoms with van der Waals surface area (Å²) in [5, 5.41) is 12.2. The molecule has 0 saturated heterocycles. The second kappa shape index (κ2) is 12.6. The van der Waals surface area contributed by atoms with Gasteiger partial charge in [-0.05, 0) is 45.1 Å². The SMILES string of the molecule is CCNC(=NCC(c1ccc(Cl)cc1)N(C)C)NC1CCc2nc(COC)nn2C1.I. The quantitative estimate of drug-likeness (QED) is 0.293. The second-order valence-corrected chi connectivity index (χ2v) is 8.13. The summed E-state index contributed by atoms with van der Waals surface area (Å²) >= 11 is 6.05. The van der Waals surface area contributed by atoms with E-state index in [1.807, 2.05) is 16.8 Å². The molecule has 10 heteroatoms. The highest BCUT2D eigenvalue weighted by Gasteiger charge is 2.22. The largest absolute Gasteiger partial charge is 0.377 e. The van der Waals surface area contributed by atoms with Crippen LogP contribution in [0, 0.1) is 0 Å². The van der Waals surface area contributed by atoms with Crippen LogP contribution in [0.4, 0.5) is 0 Å². The van der Waals surface area contributed by atoms with Crippen LogP contribution in [0.3, 0.4) is 0 Å². The van der Waals surface area contributed by atoms with Crippen molar-refractivity contribution in [2.24, 2.45) is 4.99 Å². The Labute approximate surface area is 206 Å². The van der Waals surface area contributed by atoms with Crippen LogP contribution in [-0.2, 0) is 24.3 Å². The first-order valence-corrected chi connectivity index (χ1v) is 10.8. The Bertz CT molecular complexity index is 841. The van der Waals surface area contributed by atoms with Crippen LogP contribution in [0.25, 0.3) is 0 Å². The number of aromatic nitrogens is 3. The van der Waals surface area contributed by atoms with E-state index in [-0.39, 0.29) is 36.1 Å². The number of guanidine groups is 1. The van der Waals surface area contributed by atoms with Crippen LogP contribution >= 0.6 is 35.6 Å². The molecule has 1 aromatic heterocycles.